The highest BCUT2D eigenvalue weighted by Crippen LogP contribution is 2.54. The van der Waals surface area contributed by atoms with Gasteiger partial charge in [0.15, 0.2) is 0 Å². The Morgan fingerprint density at radius 3 is 1.66 bits per heavy atom. The van der Waals surface area contributed by atoms with Crippen molar-refractivity contribution in [2.45, 2.75) is 12.3 Å². The molecule has 1 atom stereocenters. The second kappa shape index (κ2) is 7.62. The summed E-state index contributed by atoms with van der Waals surface area (Å²) >= 11 is 0. The molecule has 3 aromatic carbocycles. The maximum atomic E-state index is 12.7. The fourth-order valence-corrected chi connectivity index (χ4v) is 3.44. The summed E-state index contributed by atoms with van der Waals surface area (Å²) in [6.45, 7) is 0. The molecule has 0 radical (unpaired) electrons. The van der Waals surface area contributed by atoms with Crippen LogP contribution in [-0.2, 0) is 6.18 Å². The van der Waals surface area contributed by atoms with E-state index in [4.69, 9.17) is 0 Å². The molecule has 0 amide bonds. The van der Waals surface area contributed by atoms with Gasteiger partial charge in [0.05, 0.1) is 5.56 Å². The summed E-state index contributed by atoms with van der Waals surface area (Å²) in [5.41, 5.74) is 3.88. The van der Waals surface area contributed by atoms with Gasteiger partial charge in [-0.05, 0) is 46.5 Å². The molecule has 0 aliphatic heterocycles. The van der Waals surface area contributed by atoms with Crippen LogP contribution in [0, 0.1) is 17.8 Å². The third-order valence-corrected chi connectivity index (χ3v) is 4.89. The maximum Gasteiger partial charge on any atom is 0.416 e. The van der Waals surface area contributed by atoms with Crippen LogP contribution in [0.15, 0.2) is 84.9 Å². The van der Waals surface area contributed by atoms with Gasteiger partial charge in [-0.15, -0.1) is 0 Å². The van der Waals surface area contributed by atoms with E-state index in [0.717, 1.165) is 34.4 Å². The maximum absolute atomic E-state index is 12.7. The molecule has 1 aliphatic carbocycles. The summed E-state index contributed by atoms with van der Waals surface area (Å²) in [5, 5.41) is 10.7. The number of rotatable bonds is 3. The fraction of sp³-hybridized carbons (Fsp3) is 0.120. The van der Waals surface area contributed by atoms with Gasteiger partial charge in [0, 0.05) is 11.5 Å². The summed E-state index contributed by atoms with van der Waals surface area (Å²) in [5.74, 6) is 5.38. The number of halogens is 3. The van der Waals surface area contributed by atoms with Crippen LogP contribution in [0.5, 0.6) is 0 Å². The fourth-order valence-electron chi connectivity index (χ4n) is 3.44. The predicted molar refractivity (Wildman–Crippen MR) is 108 cm³/mol. The van der Waals surface area contributed by atoms with E-state index in [9.17, 15) is 18.3 Å². The van der Waals surface area contributed by atoms with Gasteiger partial charge in [-0.1, -0.05) is 72.5 Å². The minimum atomic E-state index is -4.38. The van der Waals surface area contributed by atoms with Gasteiger partial charge >= 0.3 is 6.18 Å². The minimum Gasteiger partial charge on any atom is -0.379 e. The molecule has 4 rings (SSSR count). The van der Waals surface area contributed by atoms with Crippen molar-refractivity contribution in [1.82, 2.24) is 0 Å². The van der Waals surface area contributed by atoms with Gasteiger partial charge in [0.25, 0.3) is 0 Å². The van der Waals surface area contributed by atoms with E-state index in [2.05, 4.69) is 11.8 Å². The Kier molecular flexibility index (Phi) is 5.00. The van der Waals surface area contributed by atoms with Crippen LogP contribution in [0.25, 0.3) is 11.1 Å². The standard InChI is InChI=1S/C25H17F3O/c26-25(27,28)20-14-11-17(12-15-20)13-16-21(29)24-22(18-7-3-1-4-8-18)23(24)19-9-5-2-6-10-19/h1-12,14-15,21,24,29H. The van der Waals surface area contributed by atoms with E-state index in [0.29, 0.717) is 5.56 Å². The van der Waals surface area contributed by atoms with Crippen LogP contribution in [-0.4, -0.2) is 11.2 Å². The molecule has 4 heteroatoms. The van der Waals surface area contributed by atoms with Crippen molar-refractivity contribution in [3.8, 4) is 11.8 Å². The van der Waals surface area contributed by atoms with Crippen LogP contribution < -0.4 is 0 Å². The summed E-state index contributed by atoms with van der Waals surface area (Å²) in [6, 6.07) is 24.3. The van der Waals surface area contributed by atoms with Crippen molar-refractivity contribution in [3.63, 3.8) is 0 Å². The Balaban J connectivity index is 1.58. The molecule has 1 aliphatic rings. The molecule has 3 aromatic rings. The second-order valence-electron chi connectivity index (χ2n) is 6.83. The van der Waals surface area contributed by atoms with Gasteiger partial charge in [-0.2, -0.15) is 13.2 Å². The number of hydrogen-bond donors (Lipinski definition) is 1. The highest BCUT2D eigenvalue weighted by molar-refractivity contribution is 6.11. The number of aliphatic hydroxyl groups is 1. The molecule has 0 fully saturated rings. The average molecular weight is 390 g/mol. The van der Waals surface area contributed by atoms with Gasteiger partial charge in [0.1, 0.15) is 6.10 Å². The highest BCUT2D eigenvalue weighted by Gasteiger charge is 2.42. The first kappa shape index (κ1) is 19.0. The van der Waals surface area contributed by atoms with Crippen LogP contribution in [0.2, 0.25) is 0 Å². The molecule has 144 valence electrons. The van der Waals surface area contributed by atoms with Gasteiger partial charge < -0.3 is 5.11 Å². The lowest BCUT2D eigenvalue weighted by atomic mass is 10.0. The van der Waals surface area contributed by atoms with Crippen LogP contribution >= 0.6 is 0 Å². The van der Waals surface area contributed by atoms with Crippen LogP contribution in [0.4, 0.5) is 13.2 Å². The third kappa shape index (κ3) is 4.11. The van der Waals surface area contributed by atoms with E-state index in [1.807, 2.05) is 60.7 Å². The SMILES string of the molecule is OC(C#Cc1ccc(C(F)(F)F)cc1)C1C(c2ccccc2)=C1c1ccccc1. The molecule has 0 heterocycles. The van der Waals surface area contributed by atoms with Crippen molar-refractivity contribution in [3.05, 3.63) is 107 Å². The number of alkyl halides is 3. The average Bonchev–Trinajstić information content (AvgIpc) is 3.49. The highest BCUT2D eigenvalue weighted by atomic mass is 19.4. The number of hydrogen-bond acceptors (Lipinski definition) is 1. The van der Waals surface area contributed by atoms with Gasteiger partial charge in [-0.3, -0.25) is 0 Å². The van der Waals surface area contributed by atoms with Gasteiger partial charge in [0.2, 0.25) is 0 Å². The molecule has 0 saturated heterocycles. The zero-order valence-corrected chi connectivity index (χ0v) is 15.3. The summed E-state index contributed by atoms with van der Waals surface area (Å²) < 4.78 is 38.0. The van der Waals surface area contributed by atoms with E-state index in [1.54, 1.807) is 0 Å². The Labute approximate surface area is 167 Å². The molecule has 1 N–H and O–H groups in total. The normalized spacial score (nSPS) is 14.9. The molecule has 0 spiro atoms. The van der Waals surface area contributed by atoms with E-state index < -0.39 is 17.8 Å². The van der Waals surface area contributed by atoms with Gasteiger partial charge in [-0.25, -0.2) is 0 Å². The molecule has 1 unspecified atom stereocenters. The van der Waals surface area contributed by atoms with E-state index >= 15 is 0 Å². The third-order valence-electron chi connectivity index (χ3n) is 4.89. The number of benzene rings is 3. The van der Waals surface area contributed by atoms with E-state index in [1.165, 1.54) is 12.1 Å². The van der Waals surface area contributed by atoms with Crippen molar-refractivity contribution >= 4 is 11.1 Å². The van der Waals surface area contributed by atoms with E-state index in [-0.39, 0.29) is 5.92 Å². The molecule has 0 saturated carbocycles. The largest absolute Gasteiger partial charge is 0.416 e. The topological polar surface area (TPSA) is 20.2 Å². The summed E-state index contributed by atoms with van der Waals surface area (Å²) in [7, 11) is 0. The lowest BCUT2D eigenvalue weighted by molar-refractivity contribution is -0.137. The molecular formula is C25H17F3O. The molecule has 1 nitrogen and oxygen atoms in total. The van der Waals surface area contributed by atoms with Crippen molar-refractivity contribution in [2.75, 3.05) is 0 Å². The lowest BCUT2D eigenvalue weighted by Crippen LogP contribution is -2.09. The summed E-state index contributed by atoms with van der Waals surface area (Å²) in [6.07, 6.45) is -5.32. The first-order valence-corrected chi connectivity index (χ1v) is 9.17. The van der Waals surface area contributed by atoms with Crippen molar-refractivity contribution < 1.29 is 18.3 Å². The Bertz CT molecular complexity index is 1040. The van der Waals surface area contributed by atoms with Crippen molar-refractivity contribution in [1.29, 1.82) is 0 Å². The quantitative estimate of drug-likeness (QED) is 0.572. The zero-order valence-electron chi connectivity index (χ0n) is 15.3. The molecule has 0 aromatic heterocycles. The molecule has 29 heavy (non-hydrogen) atoms. The lowest BCUT2D eigenvalue weighted by Gasteiger charge is -2.06. The first-order valence-electron chi connectivity index (χ1n) is 9.17. The zero-order chi connectivity index (χ0) is 20.4. The predicted octanol–water partition coefficient (Wildman–Crippen LogP) is 5.66. The molecule has 0 bridgehead atoms. The second-order valence-corrected chi connectivity index (χ2v) is 6.83. The first-order chi connectivity index (χ1) is 13.9. The minimum absolute atomic E-state index is 0.221. The Hall–Kier alpha value is -3.29. The van der Waals surface area contributed by atoms with Crippen LogP contribution in [0.3, 0.4) is 0 Å². The van der Waals surface area contributed by atoms with Crippen LogP contribution in [0.1, 0.15) is 22.3 Å². The summed E-state index contributed by atoms with van der Waals surface area (Å²) in [4.78, 5) is 0. The Morgan fingerprint density at radius 1 is 0.724 bits per heavy atom. The monoisotopic (exact) mass is 390 g/mol. The van der Waals surface area contributed by atoms with Crippen molar-refractivity contribution in [2.24, 2.45) is 5.92 Å². The molecular weight excluding hydrogens is 373 g/mol. The Morgan fingerprint density at radius 2 is 1.21 bits per heavy atom. The smallest absolute Gasteiger partial charge is 0.379 e. The number of aliphatic hydroxyl groups excluding tert-OH is 1.